The molecule has 1 aromatic carbocycles. The molecule has 0 heterocycles. The van der Waals surface area contributed by atoms with E-state index in [0.717, 1.165) is 24.8 Å². The van der Waals surface area contributed by atoms with Crippen LogP contribution in [0.2, 0.25) is 0 Å². The van der Waals surface area contributed by atoms with E-state index in [1.54, 1.807) is 0 Å². The number of carbonyl (C=O) groups excluding carboxylic acids is 1. The van der Waals surface area contributed by atoms with Gasteiger partial charge in [0.25, 0.3) is 0 Å². The molecule has 1 fully saturated rings. The minimum Gasteiger partial charge on any atom is -0.358 e. The lowest BCUT2D eigenvalue weighted by Crippen LogP contribution is -2.59. The third-order valence-corrected chi connectivity index (χ3v) is 5.08. The van der Waals surface area contributed by atoms with Gasteiger partial charge in [-0.05, 0) is 36.0 Å². The van der Waals surface area contributed by atoms with E-state index in [0.29, 0.717) is 11.7 Å². The van der Waals surface area contributed by atoms with Crippen molar-refractivity contribution < 1.29 is 4.79 Å². The fourth-order valence-electron chi connectivity index (χ4n) is 3.24. The fraction of sp³-hybridized carbons (Fsp3) is 0.600. The summed E-state index contributed by atoms with van der Waals surface area (Å²) in [7, 11) is 0. The van der Waals surface area contributed by atoms with Crippen molar-refractivity contribution in [2.75, 3.05) is 0 Å². The van der Waals surface area contributed by atoms with Gasteiger partial charge < -0.3 is 21.7 Å². The second kappa shape index (κ2) is 9.33. The van der Waals surface area contributed by atoms with Crippen LogP contribution in [-0.2, 0) is 11.3 Å². The first-order valence-electron chi connectivity index (χ1n) is 9.41. The van der Waals surface area contributed by atoms with Gasteiger partial charge in [0, 0.05) is 18.6 Å². The molecule has 1 amide bonds. The standard InChI is InChI=1S/C20H32N4OS/c1-20(2,3)17(18(25)22-13-14-9-5-4-6-10-14)24-19(26)23-16-12-8-7-11-15(16)21/h4-6,9-10,15-17H,7-8,11-13,21H2,1-3H3,(H,22,25)(H2,23,24,26). The molecule has 0 bridgehead atoms. The molecule has 1 saturated carbocycles. The minimum atomic E-state index is -0.425. The van der Waals surface area contributed by atoms with Crippen LogP contribution in [0.15, 0.2) is 30.3 Å². The van der Waals surface area contributed by atoms with Gasteiger partial charge in [-0.25, -0.2) is 0 Å². The van der Waals surface area contributed by atoms with Gasteiger partial charge in [-0.2, -0.15) is 0 Å². The first kappa shape index (κ1) is 20.6. The Balaban J connectivity index is 1.93. The maximum absolute atomic E-state index is 12.8. The highest BCUT2D eigenvalue weighted by molar-refractivity contribution is 7.80. The van der Waals surface area contributed by atoms with Crippen LogP contribution < -0.4 is 21.7 Å². The van der Waals surface area contributed by atoms with E-state index in [1.807, 2.05) is 51.1 Å². The molecule has 0 radical (unpaired) electrons. The van der Waals surface area contributed by atoms with Gasteiger partial charge in [-0.3, -0.25) is 4.79 Å². The highest BCUT2D eigenvalue weighted by atomic mass is 32.1. The monoisotopic (exact) mass is 376 g/mol. The zero-order valence-electron chi connectivity index (χ0n) is 16.0. The van der Waals surface area contributed by atoms with Gasteiger partial charge in [0.1, 0.15) is 6.04 Å². The summed E-state index contributed by atoms with van der Waals surface area (Å²) in [6.45, 7) is 6.59. The summed E-state index contributed by atoms with van der Waals surface area (Å²) in [5.74, 6) is -0.0570. The molecule has 3 unspecified atom stereocenters. The molecule has 144 valence electrons. The molecule has 5 N–H and O–H groups in total. The molecular weight excluding hydrogens is 344 g/mol. The molecular formula is C20H32N4OS. The Morgan fingerprint density at radius 1 is 1.23 bits per heavy atom. The van der Waals surface area contributed by atoms with E-state index in [2.05, 4.69) is 16.0 Å². The Hall–Kier alpha value is -1.66. The van der Waals surface area contributed by atoms with Crippen molar-refractivity contribution in [3.63, 3.8) is 0 Å². The van der Waals surface area contributed by atoms with E-state index >= 15 is 0 Å². The van der Waals surface area contributed by atoms with E-state index in [4.69, 9.17) is 18.0 Å². The molecule has 1 aliphatic carbocycles. The smallest absolute Gasteiger partial charge is 0.243 e. The summed E-state index contributed by atoms with van der Waals surface area (Å²) in [6.07, 6.45) is 4.37. The van der Waals surface area contributed by atoms with Crippen LogP contribution in [0.3, 0.4) is 0 Å². The van der Waals surface area contributed by atoms with Gasteiger partial charge in [-0.1, -0.05) is 63.9 Å². The number of rotatable bonds is 5. The number of nitrogens with one attached hydrogen (secondary N) is 3. The molecule has 0 aromatic heterocycles. The second-order valence-corrected chi connectivity index (χ2v) is 8.58. The second-order valence-electron chi connectivity index (χ2n) is 8.18. The number of carbonyl (C=O) groups is 1. The minimum absolute atomic E-state index is 0.0570. The van der Waals surface area contributed by atoms with Gasteiger partial charge >= 0.3 is 0 Å². The maximum Gasteiger partial charge on any atom is 0.243 e. The summed E-state index contributed by atoms with van der Waals surface area (Å²) in [4.78, 5) is 12.8. The summed E-state index contributed by atoms with van der Waals surface area (Å²) in [5.41, 5.74) is 6.98. The van der Waals surface area contributed by atoms with Gasteiger partial charge in [0.15, 0.2) is 5.11 Å². The van der Waals surface area contributed by atoms with Crippen LogP contribution in [-0.4, -0.2) is 29.1 Å². The third-order valence-electron chi connectivity index (χ3n) is 4.85. The van der Waals surface area contributed by atoms with Gasteiger partial charge in [-0.15, -0.1) is 0 Å². The number of benzene rings is 1. The van der Waals surface area contributed by atoms with Crippen molar-refractivity contribution in [1.29, 1.82) is 0 Å². The Bertz CT molecular complexity index is 600. The summed E-state index contributed by atoms with van der Waals surface area (Å²) < 4.78 is 0. The van der Waals surface area contributed by atoms with Crippen LogP contribution in [0.4, 0.5) is 0 Å². The topological polar surface area (TPSA) is 79.2 Å². The number of thiocarbonyl (C=S) groups is 1. The number of hydrogen-bond acceptors (Lipinski definition) is 3. The van der Waals surface area contributed by atoms with Crippen molar-refractivity contribution in [3.05, 3.63) is 35.9 Å². The number of nitrogens with two attached hydrogens (primary N) is 1. The molecule has 0 aliphatic heterocycles. The molecule has 2 rings (SSSR count). The number of hydrogen-bond donors (Lipinski definition) is 4. The van der Waals surface area contributed by atoms with Crippen LogP contribution >= 0.6 is 12.2 Å². The highest BCUT2D eigenvalue weighted by Crippen LogP contribution is 2.20. The Labute approximate surface area is 162 Å². The van der Waals surface area contributed by atoms with Crippen LogP contribution in [0.1, 0.15) is 52.0 Å². The molecule has 0 spiro atoms. The van der Waals surface area contributed by atoms with Crippen molar-refractivity contribution in [2.24, 2.45) is 11.1 Å². The van der Waals surface area contributed by atoms with E-state index in [9.17, 15) is 4.79 Å². The van der Waals surface area contributed by atoms with Crippen molar-refractivity contribution in [1.82, 2.24) is 16.0 Å². The average molecular weight is 377 g/mol. The molecule has 6 heteroatoms. The number of amides is 1. The van der Waals surface area contributed by atoms with Crippen molar-refractivity contribution in [3.8, 4) is 0 Å². The molecule has 5 nitrogen and oxygen atoms in total. The first-order valence-corrected chi connectivity index (χ1v) is 9.82. The van der Waals surface area contributed by atoms with E-state index < -0.39 is 6.04 Å². The predicted octanol–water partition coefficient (Wildman–Crippen LogP) is 2.45. The zero-order chi connectivity index (χ0) is 19.2. The largest absolute Gasteiger partial charge is 0.358 e. The summed E-state index contributed by atoms with van der Waals surface area (Å²) in [6, 6.07) is 9.75. The quantitative estimate of drug-likeness (QED) is 0.594. The SMILES string of the molecule is CC(C)(C)C(NC(=S)NC1CCCCC1N)C(=O)NCc1ccccc1. The van der Waals surface area contributed by atoms with Crippen molar-refractivity contribution >= 4 is 23.2 Å². The zero-order valence-corrected chi connectivity index (χ0v) is 16.9. The fourth-order valence-corrected chi connectivity index (χ4v) is 3.51. The Morgan fingerprint density at radius 2 is 1.88 bits per heavy atom. The summed E-state index contributed by atoms with van der Waals surface area (Å²) in [5, 5.41) is 10.0. The maximum atomic E-state index is 12.8. The Morgan fingerprint density at radius 3 is 2.50 bits per heavy atom. The lowest BCUT2D eigenvalue weighted by Gasteiger charge is -2.34. The van der Waals surface area contributed by atoms with Crippen molar-refractivity contribution in [2.45, 2.75) is 71.1 Å². The van der Waals surface area contributed by atoms with E-state index in [1.165, 1.54) is 6.42 Å². The normalized spacial score (nSPS) is 21.5. The third kappa shape index (κ3) is 6.25. The van der Waals surface area contributed by atoms with Crippen LogP contribution in [0, 0.1) is 5.41 Å². The molecule has 0 saturated heterocycles. The Kier molecular flexibility index (Phi) is 7.41. The molecule has 3 atom stereocenters. The summed E-state index contributed by atoms with van der Waals surface area (Å²) >= 11 is 5.47. The predicted molar refractivity (Wildman–Crippen MR) is 111 cm³/mol. The molecule has 1 aliphatic rings. The highest BCUT2D eigenvalue weighted by Gasteiger charge is 2.32. The first-order chi connectivity index (χ1) is 12.3. The van der Waals surface area contributed by atoms with Crippen LogP contribution in [0.5, 0.6) is 0 Å². The van der Waals surface area contributed by atoms with Crippen LogP contribution in [0.25, 0.3) is 0 Å². The molecule has 26 heavy (non-hydrogen) atoms. The van der Waals surface area contributed by atoms with E-state index in [-0.39, 0.29) is 23.4 Å². The lowest BCUT2D eigenvalue weighted by atomic mass is 9.86. The lowest BCUT2D eigenvalue weighted by molar-refractivity contribution is -0.125. The molecule has 1 aromatic rings. The van der Waals surface area contributed by atoms with Gasteiger partial charge in [0.2, 0.25) is 5.91 Å². The van der Waals surface area contributed by atoms with Gasteiger partial charge in [0.05, 0.1) is 0 Å². The average Bonchev–Trinajstić information content (AvgIpc) is 2.59.